The SMILES string of the molecule is CCn1cc(NC(=O)C(C)(C)n2cc(Br)cn2)c(C(=O)NCc2ccco2)n1. The molecular formula is C18H21BrN6O3. The number of furan rings is 1. The molecule has 0 atom stereocenters. The molecule has 0 aliphatic rings. The van der Waals surface area contributed by atoms with E-state index in [1.165, 1.54) is 6.26 Å². The maximum absolute atomic E-state index is 12.9. The molecule has 0 aromatic carbocycles. The van der Waals surface area contributed by atoms with Gasteiger partial charge in [0.1, 0.15) is 11.3 Å². The van der Waals surface area contributed by atoms with Crippen LogP contribution in [0.25, 0.3) is 0 Å². The molecule has 3 aromatic rings. The van der Waals surface area contributed by atoms with E-state index >= 15 is 0 Å². The molecule has 28 heavy (non-hydrogen) atoms. The lowest BCUT2D eigenvalue weighted by Gasteiger charge is -2.24. The van der Waals surface area contributed by atoms with Crippen LogP contribution in [0.5, 0.6) is 0 Å². The smallest absolute Gasteiger partial charge is 0.274 e. The number of aryl methyl sites for hydroxylation is 1. The molecule has 0 aliphatic carbocycles. The van der Waals surface area contributed by atoms with Crippen molar-refractivity contribution in [2.45, 2.75) is 39.4 Å². The average molecular weight is 449 g/mol. The summed E-state index contributed by atoms with van der Waals surface area (Å²) in [5.41, 5.74) is -0.496. The maximum Gasteiger partial charge on any atom is 0.274 e. The number of hydrogen-bond acceptors (Lipinski definition) is 5. The molecule has 2 N–H and O–H groups in total. The number of halogens is 1. The van der Waals surface area contributed by atoms with Crippen molar-refractivity contribution in [2.75, 3.05) is 5.32 Å². The number of carbonyl (C=O) groups is 2. The van der Waals surface area contributed by atoms with Crippen LogP contribution in [0, 0.1) is 0 Å². The van der Waals surface area contributed by atoms with Gasteiger partial charge in [0.25, 0.3) is 11.8 Å². The summed E-state index contributed by atoms with van der Waals surface area (Å²) in [5, 5.41) is 14.0. The van der Waals surface area contributed by atoms with Gasteiger partial charge in [0.15, 0.2) is 5.69 Å². The molecule has 0 saturated carbocycles. The summed E-state index contributed by atoms with van der Waals surface area (Å²) in [7, 11) is 0. The Morgan fingerprint density at radius 1 is 1.32 bits per heavy atom. The normalized spacial score (nSPS) is 11.4. The fraction of sp³-hybridized carbons (Fsp3) is 0.333. The van der Waals surface area contributed by atoms with Crippen molar-refractivity contribution in [3.05, 3.63) is 52.9 Å². The molecule has 3 aromatic heterocycles. The van der Waals surface area contributed by atoms with Crippen molar-refractivity contribution < 1.29 is 14.0 Å². The van der Waals surface area contributed by atoms with Gasteiger partial charge in [-0.05, 0) is 48.8 Å². The molecule has 0 fully saturated rings. The predicted molar refractivity (Wildman–Crippen MR) is 106 cm³/mol. The second-order valence-corrected chi connectivity index (χ2v) is 7.54. The van der Waals surface area contributed by atoms with Gasteiger partial charge < -0.3 is 15.1 Å². The number of hydrogen-bond donors (Lipinski definition) is 2. The minimum Gasteiger partial charge on any atom is -0.467 e. The Kier molecular flexibility index (Phi) is 5.68. The van der Waals surface area contributed by atoms with Gasteiger partial charge in [-0.15, -0.1) is 0 Å². The molecule has 0 unspecified atom stereocenters. The topological polar surface area (TPSA) is 107 Å². The Balaban J connectivity index is 1.78. The van der Waals surface area contributed by atoms with Crippen LogP contribution in [-0.2, 0) is 23.4 Å². The average Bonchev–Trinajstić information content (AvgIpc) is 3.40. The minimum absolute atomic E-state index is 0.138. The van der Waals surface area contributed by atoms with Crippen LogP contribution in [-0.4, -0.2) is 31.4 Å². The van der Waals surface area contributed by atoms with Gasteiger partial charge in [-0.2, -0.15) is 10.2 Å². The van der Waals surface area contributed by atoms with Crippen LogP contribution in [0.4, 0.5) is 5.69 Å². The first-order chi connectivity index (χ1) is 13.3. The third-order valence-electron chi connectivity index (χ3n) is 4.23. The van der Waals surface area contributed by atoms with Crippen molar-refractivity contribution in [3.8, 4) is 0 Å². The molecule has 0 bridgehead atoms. The monoisotopic (exact) mass is 448 g/mol. The van der Waals surface area contributed by atoms with Crippen LogP contribution in [0.15, 0.2) is 45.9 Å². The molecule has 10 heteroatoms. The lowest BCUT2D eigenvalue weighted by atomic mass is 10.0. The Labute approximate surface area is 170 Å². The first-order valence-electron chi connectivity index (χ1n) is 8.71. The van der Waals surface area contributed by atoms with Gasteiger partial charge in [-0.1, -0.05) is 0 Å². The summed E-state index contributed by atoms with van der Waals surface area (Å²) >= 11 is 3.33. The van der Waals surface area contributed by atoms with Crippen LogP contribution < -0.4 is 10.6 Å². The number of carbonyl (C=O) groups excluding carboxylic acids is 2. The highest BCUT2D eigenvalue weighted by Crippen LogP contribution is 2.22. The standard InChI is InChI=1S/C18H21BrN6O3/c1-4-24-11-14(15(23-24)16(26)20-9-13-6-5-7-28-13)22-17(27)18(2,3)25-10-12(19)8-21-25/h5-8,10-11H,4,9H2,1-3H3,(H,20,26)(H,22,27). The van der Waals surface area contributed by atoms with Crippen molar-refractivity contribution in [3.63, 3.8) is 0 Å². The Morgan fingerprint density at radius 2 is 2.11 bits per heavy atom. The van der Waals surface area contributed by atoms with E-state index in [0.29, 0.717) is 18.0 Å². The second-order valence-electron chi connectivity index (χ2n) is 6.63. The van der Waals surface area contributed by atoms with Crippen LogP contribution in [0.1, 0.15) is 37.0 Å². The summed E-state index contributed by atoms with van der Waals surface area (Å²) in [5.74, 6) is -0.100. The zero-order valence-electron chi connectivity index (χ0n) is 15.8. The molecule has 0 spiro atoms. The molecule has 0 saturated heterocycles. The third kappa shape index (κ3) is 4.16. The van der Waals surface area contributed by atoms with Crippen LogP contribution in [0.2, 0.25) is 0 Å². The van der Waals surface area contributed by atoms with E-state index in [1.54, 1.807) is 53.9 Å². The number of aromatic nitrogens is 4. The minimum atomic E-state index is -0.970. The van der Waals surface area contributed by atoms with Crippen molar-refractivity contribution in [2.24, 2.45) is 0 Å². The van der Waals surface area contributed by atoms with Gasteiger partial charge in [-0.3, -0.25) is 19.0 Å². The first kappa shape index (κ1) is 19.9. The number of nitrogens with zero attached hydrogens (tertiary/aromatic N) is 4. The number of anilines is 1. The van der Waals surface area contributed by atoms with E-state index in [9.17, 15) is 9.59 Å². The van der Waals surface area contributed by atoms with Crippen LogP contribution >= 0.6 is 15.9 Å². The van der Waals surface area contributed by atoms with E-state index in [-0.39, 0.29) is 18.1 Å². The third-order valence-corrected chi connectivity index (χ3v) is 4.64. The van der Waals surface area contributed by atoms with Crippen molar-refractivity contribution >= 4 is 33.4 Å². The first-order valence-corrected chi connectivity index (χ1v) is 9.50. The fourth-order valence-electron chi connectivity index (χ4n) is 2.49. The summed E-state index contributed by atoms with van der Waals surface area (Å²) in [6.07, 6.45) is 6.49. The number of nitrogens with one attached hydrogen (secondary N) is 2. The lowest BCUT2D eigenvalue weighted by molar-refractivity contribution is -0.123. The van der Waals surface area contributed by atoms with E-state index in [1.807, 2.05) is 6.92 Å². The molecular weight excluding hydrogens is 428 g/mol. The quantitative estimate of drug-likeness (QED) is 0.577. The fourth-order valence-corrected chi connectivity index (χ4v) is 2.78. The van der Waals surface area contributed by atoms with Crippen LogP contribution in [0.3, 0.4) is 0 Å². The number of rotatable bonds is 7. The maximum atomic E-state index is 12.9. The molecule has 0 aliphatic heterocycles. The predicted octanol–water partition coefficient (Wildman–Crippen LogP) is 2.76. The molecule has 3 rings (SSSR count). The van der Waals surface area contributed by atoms with E-state index < -0.39 is 11.4 Å². The molecule has 2 amide bonds. The molecule has 148 valence electrons. The number of amides is 2. The van der Waals surface area contributed by atoms with Crippen molar-refractivity contribution in [1.82, 2.24) is 24.9 Å². The summed E-state index contributed by atoms with van der Waals surface area (Å²) in [6, 6.07) is 3.51. The Bertz CT molecular complexity index is 974. The highest BCUT2D eigenvalue weighted by Gasteiger charge is 2.32. The Morgan fingerprint density at radius 3 is 2.71 bits per heavy atom. The summed E-state index contributed by atoms with van der Waals surface area (Å²) < 4.78 is 9.12. The van der Waals surface area contributed by atoms with E-state index in [0.717, 1.165) is 4.47 Å². The van der Waals surface area contributed by atoms with Gasteiger partial charge in [0, 0.05) is 18.9 Å². The van der Waals surface area contributed by atoms with Gasteiger partial charge in [0.2, 0.25) is 0 Å². The Hall–Kier alpha value is -2.88. The summed E-state index contributed by atoms with van der Waals surface area (Å²) in [4.78, 5) is 25.5. The molecule has 9 nitrogen and oxygen atoms in total. The second kappa shape index (κ2) is 8.01. The lowest BCUT2D eigenvalue weighted by Crippen LogP contribution is -2.41. The van der Waals surface area contributed by atoms with E-state index in [4.69, 9.17) is 4.42 Å². The van der Waals surface area contributed by atoms with Crippen molar-refractivity contribution in [1.29, 1.82) is 0 Å². The van der Waals surface area contributed by atoms with E-state index in [2.05, 4.69) is 36.8 Å². The zero-order valence-corrected chi connectivity index (χ0v) is 17.4. The van der Waals surface area contributed by atoms with Gasteiger partial charge in [0.05, 0.1) is 29.2 Å². The van der Waals surface area contributed by atoms with Gasteiger partial charge >= 0.3 is 0 Å². The highest BCUT2D eigenvalue weighted by molar-refractivity contribution is 9.10. The molecule has 0 radical (unpaired) electrons. The van der Waals surface area contributed by atoms with Gasteiger partial charge in [-0.25, -0.2) is 0 Å². The zero-order chi connectivity index (χ0) is 20.3. The molecule has 3 heterocycles. The largest absolute Gasteiger partial charge is 0.467 e. The summed E-state index contributed by atoms with van der Waals surface area (Å²) in [6.45, 7) is 6.16. The highest BCUT2D eigenvalue weighted by atomic mass is 79.9.